The maximum Gasteiger partial charge on any atom is 0.460 e. The van der Waals surface area contributed by atoms with E-state index in [0.29, 0.717) is 0 Å². The highest BCUT2D eigenvalue weighted by molar-refractivity contribution is 5.14. The standard InChI is InChI=1S/C7F15O/c8-2(9,1(23,5(14,15)16)6(17,18)19)3(10,11)4(12,13)7(20,21)22. The lowest BCUT2D eigenvalue weighted by molar-refractivity contribution is -0.492. The number of rotatable bonds is 3. The van der Waals surface area contributed by atoms with Gasteiger partial charge in [-0.25, -0.2) is 5.11 Å². The van der Waals surface area contributed by atoms with Gasteiger partial charge in [0, 0.05) is 0 Å². The summed E-state index contributed by atoms with van der Waals surface area (Å²) >= 11 is 0. The van der Waals surface area contributed by atoms with Crippen molar-refractivity contribution in [3.8, 4) is 0 Å². The van der Waals surface area contributed by atoms with Crippen LogP contribution < -0.4 is 0 Å². The predicted octanol–water partition coefficient (Wildman–Crippen LogP) is 4.75. The average Bonchev–Trinajstić information content (AvgIpc) is 2.22. The molecule has 23 heavy (non-hydrogen) atoms. The van der Waals surface area contributed by atoms with Crippen LogP contribution in [0.5, 0.6) is 0 Å². The molecule has 0 saturated carbocycles. The Morgan fingerprint density at radius 3 is 0.783 bits per heavy atom. The second kappa shape index (κ2) is 4.95. The van der Waals surface area contributed by atoms with Crippen molar-refractivity contribution in [3.63, 3.8) is 0 Å². The number of halogens is 15. The summed E-state index contributed by atoms with van der Waals surface area (Å²) < 4.78 is 182. The molecule has 0 fully saturated rings. The smallest absolute Gasteiger partial charge is 0.202 e. The molecule has 0 saturated heterocycles. The van der Waals surface area contributed by atoms with Crippen LogP contribution in [0.1, 0.15) is 0 Å². The lowest BCUT2D eigenvalue weighted by Gasteiger charge is -2.42. The van der Waals surface area contributed by atoms with Gasteiger partial charge in [0.05, 0.1) is 0 Å². The Balaban J connectivity index is 6.65. The molecule has 0 aliphatic carbocycles. The molecule has 0 heterocycles. The zero-order chi connectivity index (χ0) is 19.5. The van der Waals surface area contributed by atoms with Crippen LogP contribution in [-0.2, 0) is 5.11 Å². The molecule has 0 aliphatic heterocycles. The number of alkyl halides is 15. The summed E-state index contributed by atoms with van der Waals surface area (Å²) in [4.78, 5) is 0. The normalized spacial score (nSPS) is 16.7. The summed E-state index contributed by atoms with van der Waals surface area (Å²) in [5.41, 5.74) is -8.13. The summed E-state index contributed by atoms with van der Waals surface area (Å²) in [6, 6.07) is 0. The Morgan fingerprint density at radius 1 is 0.348 bits per heavy atom. The zero-order valence-electron chi connectivity index (χ0n) is 9.58. The third-order valence-corrected chi connectivity index (χ3v) is 2.39. The minimum absolute atomic E-state index is 7.68. The van der Waals surface area contributed by atoms with Crippen LogP contribution in [0, 0.1) is 0 Å². The van der Waals surface area contributed by atoms with E-state index in [-0.39, 0.29) is 0 Å². The lowest BCUT2D eigenvalue weighted by Crippen LogP contribution is -2.76. The van der Waals surface area contributed by atoms with Crippen molar-refractivity contribution in [2.45, 2.75) is 41.9 Å². The monoisotopic (exact) mass is 385 g/mol. The molecule has 0 unspecified atom stereocenters. The van der Waals surface area contributed by atoms with E-state index in [2.05, 4.69) is 0 Å². The molecular formula is C7F15O. The Bertz CT molecular complexity index is 422. The van der Waals surface area contributed by atoms with Crippen molar-refractivity contribution in [3.05, 3.63) is 0 Å². The Kier molecular flexibility index (Phi) is 4.72. The first-order valence-corrected chi connectivity index (χ1v) is 4.54. The van der Waals surface area contributed by atoms with Gasteiger partial charge in [-0.1, -0.05) is 0 Å². The van der Waals surface area contributed by atoms with E-state index in [1.54, 1.807) is 0 Å². The van der Waals surface area contributed by atoms with Crippen molar-refractivity contribution < 1.29 is 71.0 Å². The van der Waals surface area contributed by atoms with Gasteiger partial charge in [-0.2, -0.15) is 65.9 Å². The van der Waals surface area contributed by atoms with Gasteiger partial charge < -0.3 is 0 Å². The van der Waals surface area contributed by atoms with Crippen molar-refractivity contribution in [2.24, 2.45) is 0 Å². The summed E-state index contributed by atoms with van der Waals surface area (Å²) in [5.74, 6) is -24.9. The minimum Gasteiger partial charge on any atom is -0.202 e. The number of hydrogen-bond acceptors (Lipinski definition) is 0. The van der Waals surface area contributed by atoms with E-state index in [4.69, 9.17) is 0 Å². The first kappa shape index (κ1) is 21.9. The Labute approximate surface area is 114 Å². The van der Waals surface area contributed by atoms with Crippen LogP contribution in [0.2, 0.25) is 0 Å². The second-order valence-electron chi connectivity index (χ2n) is 3.90. The van der Waals surface area contributed by atoms with Gasteiger partial charge in [0.25, 0.3) is 0 Å². The summed E-state index contributed by atoms with van der Waals surface area (Å²) in [6.45, 7) is 0. The minimum atomic E-state index is -8.45. The molecule has 0 aromatic rings. The molecule has 0 aliphatic rings. The van der Waals surface area contributed by atoms with Gasteiger partial charge in [0.2, 0.25) is 0 Å². The third-order valence-electron chi connectivity index (χ3n) is 2.39. The van der Waals surface area contributed by atoms with Crippen LogP contribution in [-0.4, -0.2) is 41.9 Å². The number of hydrogen-bond donors (Lipinski definition) is 0. The van der Waals surface area contributed by atoms with Crippen molar-refractivity contribution in [1.82, 2.24) is 0 Å². The highest BCUT2D eigenvalue weighted by atomic mass is 19.4. The largest absolute Gasteiger partial charge is 0.460 e. The average molecular weight is 385 g/mol. The highest BCUT2D eigenvalue weighted by Crippen LogP contribution is 2.62. The molecule has 0 bridgehead atoms. The first-order valence-electron chi connectivity index (χ1n) is 4.54. The first-order chi connectivity index (χ1) is 9.50. The van der Waals surface area contributed by atoms with E-state index >= 15 is 0 Å². The van der Waals surface area contributed by atoms with Crippen LogP contribution in [0.4, 0.5) is 65.9 Å². The summed E-state index contributed by atoms with van der Waals surface area (Å²) in [5, 5.41) is 10.4. The molecule has 0 N–H and O–H groups in total. The molecule has 0 amide bonds. The second-order valence-corrected chi connectivity index (χ2v) is 3.90. The van der Waals surface area contributed by atoms with Crippen LogP contribution in [0.3, 0.4) is 0 Å². The van der Waals surface area contributed by atoms with Gasteiger partial charge in [0.1, 0.15) is 0 Å². The van der Waals surface area contributed by atoms with E-state index in [0.717, 1.165) is 0 Å². The maximum absolute atomic E-state index is 12.8. The fourth-order valence-electron chi connectivity index (χ4n) is 1.11. The quantitative estimate of drug-likeness (QED) is 0.626. The Morgan fingerprint density at radius 2 is 0.609 bits per heavy atom. The molecule has 1 radical (unpaired) electrons. The SMILES string of the molecule is [O]C(C(F)(F)F)(C(F)(F)F)C(F)(F)C(F)(F)C(F)(F)C(F)(F)F. The molecule has 1 nitrogen and oxygen atoms in total. The van der Waals surface area contributed by atoms with Crippen molar-refractivity contribution in [1.29, 1.82) is 0 Å². The molecular weight excluding hydrogens is 385 g/mol. The predicted molar refractivity (Wildman–Crippen MR) is 36.4 cm³/mol. The maximum atomic E-state index is 12.8. The molecule has 0 aromatic carbocycles. The molecule has 0 atom stereocenters. The van der Waals surface area contributed by atoms with E-state index in [1.807, 2.05) is 0 Å². The zero-order valence-corrected chi connectivity index (χ0v) is 9.58. The van der Waals surface area contributed by atoms with Crippen LogP contribution in [0.25, 0.3) is 0 Å². The van der Waals surface area contributed by atoms with Gasteiger partial charge in [-0.05, 0) is 0 Å². The van der Waals surface area contributed by atoms with E-state index in [9.17, 15) is 71.0 Å². The van der Waals surface area contributed by atoms with Gasteiger partial charge in [-0.15, -0.1) is 0 Å². The topological polar surface area (TPSA) is 19.9 Å². The fourth-order valence-corrected chi connectivity index (χ4v) is 1.11. The summed E-state index contributed by atoms with van der Waals surface area (Å²) in [7, 11) is 0. The molecule has 0 rings (SSSR count). The molecule has 16 heteroatoms. The molecule has 139 valence electrons. The molecule has 0 spiro atoms. The third kappa shape index (κ3) is 2.67. The van der Waals surface area contributed by atoms with E-state index < -0.39 is 41.9 Å². The Hall–Kier alpha value is -1.09. The van der Waals surface area contributed by atoms with E-state index in [1.165, 1.54) is 0 Å². The van der Waals surface area contributed by atoms with Crippen molar-refractivity contribution >= 4 is 0 Å². The van der Waals surface area contributed by atoms with Gasteiger partial charge >= 0.3 is 41.9 Å². The van der Waals surface area contributed by atoms with Gasteiger partial charge in [0.15, 0.2) is 0 Å². The summed E-state index contributed by atoms with van der Waals surface area (Å²) in [6.07, 6.45) is -23.5. The van der Waals surface area contributed by atoms with Crippen LogP contribution >= 0.6 is 0 Å². The fraction of sp³-hybridized carbons (Fsp3) is 1.00. The molecule has 0 aromatic heterocycles. The highest BCUT2D eigenvalue weighted by Gasteiger charge is 2.95. The van der Waals surface area contributed by atoms with Gasteiger partial charge in [-0.3, -0.25) is 0 Å². The van der Waals surface area contributed by atoms with Crippen LogP contribution in [0.15, 0.2) is 0 Å². The lowest BCUT2D eigenvalue weighted by atomic mass is 9.86. The van der Waals surface area contributed by atoms with Crippen molar-refractivity contribution in [2.75, 3.05) is 0 Å².